The van der Waals surface area contributed by atoms with Crippen molar-refractivity contribution < 1.29 is 26.9 Å². The van der Waals surface area contributed by atoms with E-state index < -0.39 is 15.5 Å². The molecule has 0 amide bonds. The van der Waals surface area contributed by atoms with Crippen molar-refractivity contribution >= 4 is 21.9 Å². The fourth-order valence-electron chi connectivity index (χ4n) is 4.84. The van der Waals surface area contributed by atoms with Gasteiger partial charge in [0.25, 0.3) is 10.1 Å². The molecule has 0 N–H and O–H groups in total. The highest BCUT2D eigenvalue weighted by Crippen LogP contribution is 2.64. The third-order valence-electron chi connectivity index (χ3n) is 6.95. The normalized spacial score (nSPS) is 25.3. The minimum Gasteiger partial charge on any atom is -0.462 e. The second kappa shape index (κ2) is 9.73. The van der Waals surface area contributed by atoms with Gasteiger partial charge in [0.1, 0.15) is 5.78 Å². The molecule has 166 valence electrons. The summed E-state index contributed by atoms with van der Waals surface area (Å²) in [6.07, 6.45) is 7.43. The van der Waals surface area contributed by atoms with E-state index >= 15 is 0 Å². The van der Waals surface area contributed by atoms with Crippen LogP contribution in [0.3, 0.4) is 0 Å². The summed E-state index contributed by atoms with van der Waals surface area (Å²) >= 11 is 0. The number of esters is 1. The highest BCUT2D eigenvalue weighted by molar-refractivity contribution is 7.86. The largest absolute Gasteiger partial charge is 0.462 e. The van der Waals surface area contributed by atoms with E-state index in [1.165, 1.54) is 0 Å². The summed E-state index contributed by atoms with van der Waals surface area (Å²) in [6.45, 7) is 9.80. The smallest absolute Gasteiger partial charge is 0.333 e. The second-order valence-corrected chi connectivity index (χ2v) is 10.9. The molecule has 7 heteroatoms. The maximum atomic E-state index is 12.5. The van der Waals surface area contributed by atoms with Crippen LogP contribution in [0.15, 0.2) is 12.2 Å². The molecule has 6 nitrogen and oxygen atoms in total. The van der Waals surface area contributed by atoms with E-state index in [0.29, 0.717) is 37.4 Å². The SMILES string of the molecule is C=C(C)C(=O)OCCCCCCCCOS(=O)(=O)C[C@@]12CCC(CC1=O)C2(C)C. The average molecular weight is 429 g/mol. The number of Topliss-reactive ketones (excluding diaryl/α,β-unsaturated/α-hetero) is 1. The zero-order chi connectivity index (χ0) is 21.7. The fourth-order valence-corrected chi connectivity index (χ4v) is 6.57. The van der Waals surface area contributed by atoms with Gasteiger partial charge in [-0.25, -0.2) is 4.79 Å². The van der Waals surface area contributed by atoms with Crippen LogP contribution in [-0.4, -0.2) is 39.1 Å². The van der Waals surface area contributed by atoms with E-state index in [1.807, 2.05) is 13.8 Å². The van der Waals surface area contributed by atoms with E-state index in [-0.39, 0.29) is 29.5 Å². The van der Waals surface area contributed by atoms with Crippen molar-refractivity contribution in [3.63, 3.8) is 0 Å². The van der Waals surface area contributed by atoms with Gasteiger partial charge in [-0.2, -0.15) is 8.42 Å². The molecule has 2 saturated carbocycles. The Labute approximate surface area is 175 Å². The summed E-state index contributed by atoms with van der Waals surface area (Å²) in [5.74, 6) is -0.126. The molecule has 0 aliphatic heterocycles. The van der Waals surface area contributed by atoms with Crippen LogP contribution in [0.25, 0.3) is 0 Å². The number of ether oxygens (including phenoxy) is 1. The van der Waals surface area contributed by atoms with Crippen LogP contribution in [-0.2, 0) is 28.6 Å². The van der Waals surface area contributed by atoms with Crippen LogP contribution in [0.1, 0.15) is 78.6 Å². The fraction of sp³-hybridized carbons (Fsp3) is 0.818. The summed E-state index contributed by atoms with van der Waals surface area (Å²) in [5, 5.41) is 0. The van der Waals surface area contributed by atoms with Crippen molar-refractivity contribution in [1.82, 2.24) is 0 Å². The lowest BCUT2D eigenvalue weighted by molar-refractivity contribution is -0.139. The molecule has 2 aliphatic carbocycles. The minimum absolute atomic E-state index is 0.0971. The summed E-state index contributed by atoms with van der Waals surface area (Å²) in [4.78, 5) is 23.7. The monoisotopic (exact) mass is 428 g/mol. The number of rotatable bonds is 13. The molecule has 0 heterocycles. The van der Waals surface area contributed by atoms with Gasteiger partial charge in [0.15, 0.2) is 0 Å². The quantitative estimate of drug-likeness (QED) is 0.189. The topological polar surface area (TPSA) is 86.7 Å². The molecule has 0 spiro atoms. The molecule has 2 bridgehead atoms. The van der Waals surface area contributed by atoms with Gasteiger partial charge in [-0.05, 0) is 43.9 Å². The van der Waals surface area contributed by atoms with Crippen LogP contribution < -0.4 is 0 Å². The molecular weight excluding hydrogens is 392 g/mol. The van der Waals surface area contributed by atoms with Gasteiger partial charge in [0, 0.05) is 12.0 Å². The maximum Gasteiger partial charge on any atom is 0.333 e. The number of carbonyl (C=O) groups excluding carboxylic acids is 2. The van der Waals surface area contributed by atoms with Gasteiger partial charge < -0.3 is 4.74 Å². The van der Waals surface area contributed by atoms with E-state index in [1.54, 1.807) is 6.92 Å². The van der Waals surface area contributed by atoms with Crippen LogP contribution >= 0.6 is 0 Å². The van der Waals surface area contributed by atoms with Gasteiger partial charge in [-0.1, -0.05) is 46.1 Å². The third kappa shape index (κ3) is 5.69. The van der Waals surface area contributed by atoms with Gasteiger partial charge in [-0.3, -0.25) is 8.98 Å². The minimum atomic E-state index is -3.71. The van der Waals surface area contributed by atoms with Crippen molar-refractivity contribution in [2.45, 2.75) is 78.6 Å². The van der Waals surface area contributed by atoms with Crippen molar-refractivity contribution in [3.05, 3.63) is 12.2 Å². The van der Waals surface area contributed by atoms with Crippen LogP contribution in [0.4, 0.5) is 0 Å². The Morgan fingerprint density at radius 1 is 1.10 bits per heavy atom. The molecule has 2 aliphatic rings. The average Bonchev–Trinajstić information content (AvgIpc) is 2.96. The molecule has 0 saturated heterocycles. The first-order chi connectivity index (χ1) is 13.5. The predicted octanol–water partition coefficient (Wildman–Crippen LogP) is 4.19. The van der Waals surface area contributed by atoms with Gasteiger partial charge in [0.05, 0.1) is 24.4 Å². The van der Waals surface area contributed by atoms with Crippen molar-refractivity contribution in [2.75, 3.05) is 19.0 Å². The molecule has 2 fully saturated rings. The van der Waals surface area contributed by atoms with E-state index in [4.69, 9.17) is 8.92 Å². The lowest BCUT2D eigenvalue weighted by Crippen LogP contribution is -2.42. The Kier molecular flexibility index (Phi) is 8.08. The summed E-state index contributed by atoms with van der Waals surface area (Å²) in [5.41, 5.74) is -0.614. The molecule has 2 atom stereocenters. The number of hydrogen-bond donors (Lipinski definition) is 0. The molecule has 2 rings (SSSR count). The highest BCUT2D eigenvalue weighted by Gasteiger charge is 2.65. The third-order valence-corrected chi connectivity index (χ3v) is 8.32. The molecule has 0 radical (unpaired) electrons. The Hall–Kier alpha value is -1.21. The lowest BCUT2D eigenvalue weighted by Gasteiger charge is -2.35. The first-order valence-electron chi connectivity index (χ1n) is 10.7. The van der Waals surface area contributed by atoms with Crippen LogP contribution in [0.2, 0.25) is 0 Å². The molecular formula is C22H36O6S. The lowest BCUT2D eigenvalue weighted by atomic mass is 9.70. The van der Waals surface area contributed by atoms with Gasteiger partial charge >= 0.3 is 5.97 Å². The van der Waals surface area contributed by atoms with Crippen molar-refractivity contribution in [1.29, 1.82) is 0 Å². The van der Waals surface area contributed by atoms with E-state index in [2.05, 4.69) is 6.58 Å². The number of hydrogen-bond acceptors (Lipinski definition) is 6. The summed E-state index contributed by atoms with van der Waals surface area (Å²) in [6, 6.07) is 0. The molecule has 1 unspecified atom stereocenters. The first-order valence-corrected chi connectivity index (χ1v) is 12.3. The zero-order valence-corrected chi connectivity index (χ0v) is 18.9. The predicted molar refractivity (Wildman–Crippen MR) is 112 cm³/mol. The Morgan fingerprint density at radius 2 is 1.69 bits per heavy atom. The Bertz CT molecular complexity index is 724. The summed E-state index contributed by atoms with van der Waals surface area (Å²) < 4.78 is 35.2. The molecule has 29 heavy (non-hydrogen) atoms. The Balaban J connectivity index is 1.59. The molecule has 0 aromatic heterocycles. The highest BCUT2D eigenvalue weighted by atomic mass is 32.2. The van der Waals surface area contributed by atoms with Gasteiger partial charge in [-0.15, -0.1) is 0 Å². The molecule has 0 aromatic carbocycles. The standard InChI is InChI=1S/C22H36O6S/c1-17(2)20(24)27-13-9-7-5-6-8-10-14-28-29(25,26)16-22-12-11-18(15-19(22)23)21(22,3)4/h18H,1,5-16H2,2-4H3/t18?,22-/m0/s1. The molecule has 0 aromatic rings. The van der Waals surface area contributed by atoms with E-state index in [9.17, 15) is 18.0 Å². The maximum absolute atomic E-state index is 12.5. The summed E-state index contributed by atoms with van der Waals surface area (Å²) in [7, 11) is -3.71. The number of fused-ring (bicyclic) bond motifs is 2. The van der Waals surface area contributed by atoms with Crippen LogP contribution in [0, 0.1) is 16.7 Å². The zero-order valence-electron chi connectivity index (χ0n) is 18.1. The second-order valence-electron chi connectivity index (χ2n) is 9.23. The van der Waals surface area contributed by atoms with Crippen molar-refractivity contribution in [3.8, 4) is 0 Å². The van der Waals surface area contributed by atoms with Crippen molar-refractivity contribution in [2.24, 2.45) is 16.7 Å². The first kappa shape index (κ1) is 24.1. The van der Waals surface area contributed by atoms with E-state index in [0.717, 1.165) is 38.5 Å². The van der Waals surface area contributed by atoms with Crippen LogP contribution in [0.5, 0.6) is 0 Å². The number of unbranched alkanes of at least 4 members (excludes halogenated alkanes) is 5. The number of ketones is 1. The number of carbonyl (C=O) groups is 2. The Morgan fingerprint density at radius 3 is 2.21 bits per heavy atom. The van der Waals surface area contributed by atoms with Gasteiger partial charge in [0.2, 0.25) is 0 Å².